The third-order valence-corrected chi connectivity index (χ3v) is 2.97. The monoisotopic (exact) mass is 205 g/mol. The van der Waals surface area contributed by atoms with E-state index >= 15 is 0 Å². The Morgan fingerprint density at radius 3 is 2.73 bits per heavy atom. The van der Waals surface area contributed by atoms with Crippen LogP contribution < -0.4 is 0 Å². The van der Waals surface area contributed by atoms with Crippen LogP contribution in [0.4, 0.5) is 0 Å². The Bertz CT molecular complexity index is 376. The van der Waals surface area contributed by atoms with Crippen molar-refractivity contribution in [3.63, 3.8) is 0 Å². The summed E-state index contributed by atoms with van der Waals surface area (Å²) < 4.78 is 0. The van der Waals surface area contributed by atoms with Gasteiger partial charge in [-0.05, 0) is 17.5 Å². The second kappa shape index (κ2) is 4.03. The summed E-state index contributed by atoms with van der Waals surface area (Å²) in [5.41, 5.74) is 2.44. The molecule has 80 valence electrons. The Kier molecular flexibility index (Phi) is 2.73. The van der Waals surface area contributed by atoms with E-state index in [0.717, 1.165) is 6.42 Å². The molecule has 0 radical (unpaired) electrons. The minimum Gasteiger partial charge on any atom is -0.394 e. The van der Waals surface area contributed by atoms with Gasteiger partial charge in [0.2, 0.25) is 5.91 Å². The van der Waals surface area contributed by atoms with E-state index in [1.54, 1.807) is 11.8 Å². The fourth-order valence-corrected chi connectivity index (χ4v) is 2.12. The van der Waals surface area contributed by atoms with E-state index < -0.39 is 0 Å². The van der Waals surface area contributed by atoms with Gasteiger partial charge in [0.1, 0.15) is 0 Å². The maximum atomic E-state index is 11.4. The molecule has 0 aromatic heterocycles. The quantitative estimate of drug-likeness (QED) is 0.741. The van der Waals surface area contributed by atoms with Gasteiger partial charge in [-0.2, -0.15) is 0 Å². The molecule has 3 nitrogen and oxygen atoms in total. The largest absolute Gasteiger partial charge is 0.394 e. The molecule has 0 fully saturated rings. The molecule has 0 saturated heterocycles. The van der Waals surface area contributed by atoms with Crippen molar-refractivity contribution in [1.82, 2.24) is 4.90 Å². The van der Waals surface area contributed by atoms with Gasteiger partial charge in [-0.25, -0.2) is 0 Å². The zero-order chi connectivity index (χ0) is 10.8. The molecule has 0 bridgehead atoms. The SMILES string of the molecule is CC(=O)N1Cc2ccccc2CC1CO. The van der Waals surface area contributed by atoms with Gasteiger partial charge in [-0.1, -0.05) is 24.3 Å². The summed E-state index contributed by atoms with van der Waals surface area (Å²) in [6, 6.07) is 8.03. The fourth-order valence-electron chi connectivity index (χ4n) is 2.12. The van der Waals surface area contributed by atoms with Crippen LogP contribution >= 0.6 is 0 Å². The minimum atomic E-state index is -0.0580. The van der Waals surface area contributed by atoms with Crippen molar-refractivity contribution >= 4 is 5.91 Å². The summed E-state index contributed by atoms with van der Waals surface area (Å²) in [7, 11) is 0. The van der Waals surface area contributed by atoms with Crippen LogP contribution in [0.2, 0.25) is 0 Å². The van der Waals surface area contributed by atoms with Crippen molar-refractivity contribution in [3.05, 3.63) is 35.4 Å². The van der Waals surface area contributed by atoms with Gasteiger partial charge in [0.15, 0.2) is 0 Å². The third kappa shape index (κ3) is 1.88. The standard InChI is InChI=1S/C12H15NO2/c1-9(15)13-7-11-5-3-2-4-10(11)6-12(13)8-14/h2-5,12,14H,6-8H2,1H3. The molecular weight excluding hydrogens is 190 g/mol. The predicted molar refractivity (Wildman–Crippen MR) is 57.2 cm³/mol. The highest BCUT2D eigenvalue weighted by molar-refractivity contribution is 5.74. The molecule has 1 amide bonds. The molecule has 0 aliphatic carbocycles. The van der Waals surface area contributed by atoms with Crippen LogP contribution in [0.15, 0.2) is 24.3 Å². The van der Waals surface area contributed by atoms with Gasteiger partial charge in [-0.15, -0.1) is 0 Å². The normalized spacial score (nSPS) is 19.9. The lowest BCUT2D eigenvalue weighted by Gasteiger charge is -2.35. The number of aliphatic hydroxyl groups is 1. The van der Waals surface area contributed by atoms with Gasteiger partial charge in [0.05, 0.1) is 12.6 Å². The highest BCUT2D eigenvalue weighted by Gasteiger charge is 2.26. The zero-order valence-electron chi connectivity index (χ0n) is 8.81. The van der Waals surface area contributed by atoms with Crippen molar-refractivity contribution in [2.75, 3.05) is 6.61 Å². The molecule has 0 saturated carbocycles. The average Bonchev–Trinajstić information content (AvgIpc) is 2.27. The topological polar surface area (TPSA) is 40.5 Å². The molecule has 1 aliphatic rings. The van der Waals surface area contributed by atoms with Crippen LogP contribution in [0.1, 0.15) is 18.1 Å². The number of rotatable bonds is 1. The molecule has 15 heavy (non-hydrogen) atoms. The lowest BCUT2D eigenvalue weighted by Crippen LogP contribution is -2.45. The Morgan fingerprint density at radius 1 is 1.47 bits per heavy atom. The number of nitrogens with zero attached hydrogens (tertiary/aromatic N) is 1. The number of hydrogen-bond acceptors (Lipinski definition) is 2. The first kappa shape index (κ1) is 10.2. The van der Waals surface area contributed by atoms with Crippen molar-refractivity contribution < 1.29 is 9.90 Å². The molecule has 2 rings (SSSR count). The summed E-state index contributed by atoms with van der Waals surface area (Å²) in [5.74, 6) is 0.0311. The van der Waals surface area contributed by atoms with E-state index in [0.29, 0.717) is 6.54 Å². The Labute approximate surface area is 89.3 Å². The van der Waals surface area contributed by atoms with Crippen molar-refractivity contribution in [3.8, 4) is 0 Å². The number of benzene rings is 1. The second-order valence-corrected chi connectivity index (χ2v) is 3.96. The van der Waals surface area contributed by atoms with E-state index in [1.165, 1.54) is 11.1 Å². The summed E-state index contributed by atoms with van der Waals surface area (Å²) in [5, 5.41) is 9.24. The number of carbonyl (C=O) groups excluding carboxylic acids is 1. The average molecular weight is 205 g/mol. The van der Waals surface area contributed by atoms with Crippen LogP contribution in [-0.2, 0) is 17.8 Å². The van der Waals surface area contributed by atoms with Crippen molar-refractivity contribution in [1.29, 1.82) is 0 Å². The molecule has 1 N–H and O–H groups in total. The number of aliphatic hydroxyl groups excluding tert-OH is 1. The summed E-state index contributed by atoms with van der Waals surface area (Å²) in [4.78, 5) is 13.1. The first-order chi connectivity index (χ1) is 7.22. The highest BCUT2D eigenvalue weighted by atomic mass is 16.3. The number of amides is 1. The number of carbonyl (C=O) groups is 1. The summed E-state index contributed by atoms with van der Waals surface area (Å²) in [6.45, 7) is 2.21. The van der Waals surface area contributed by atoms with E-state index in [1.807, 2.05) is 18.2 Å². The van der Waals surface area contributed by atoms with Gasteiger partial charge in [0.25, 0.3) is 0 Å². The van der Waals surface area contributed by atoms with Gasteiger partial charge in [0, 0.05) is 13.5 Å². The molecule has 1 atom stereocenters. The number of fused-ring (bicyclic) bond motifs is 1. The molecule has 1 unspecified atom stereocenters. The van der Waals surface area contributed by atoms with E-state index in [9.17, 15) is 9.90 Å². The Morgan fingerprint density at radius 2 is 2.13 bits per heavy atom. The smallest absolute Gasteiger partial charge is 0.220 e. The molecule has 1 heterocycles. The Balaban J connectivity index is 2.30. The van der Waals surface area contributed by atoms with E-state index in [-0.39, 0.29) is 18.6 Å². The van der Waals surface area contributed by atoms with Crippen LogP contribution in [0, 0.1) is 0 Å². The van der Waals surface area contributed by atoms with Crippen molar-refractivity contribution in [2.45, 2.75) is 25.9 Å². The maximum absolute atomic E-state index is 11.4. The third-order valence-electron chi connectivity index (χ3n) is 2.97. The van der Waals surface area contributed by atoms with E-state index in [4.69, 9.17) is 0 Å². The summed E-state index contributed by atoms with van der Waals surface area (Å²) in [6.07, 6.45) is 0.756. The number of hydrogen-bond donors (Lipinski definition) is 1. The molecule has 0 spiro atoms. The first-order valence-corrected chi connectivity index (χ1v) is 5.17. The van der Waals surface area contributed by atoms with Crippen molar-refractivity contribution in [2.24, 2.45) is 0 Å². The lowest BCUT2D eigenvalue weighted by atomic mass is 9.94. The first-order valence-electron chi connectivity index (χ1n) is 5.17. The van der Waals surface area contributed by atoms with Crippen LogP contribution in [0.25, 0.3) is 0 Å². The second-order valence-electron chi connectivity index (χ2n) is 3.96. The lowest BCUT2D eigenvalue weighted by molar-refractivity contribution is -0.133. The zero-order valence-corrected chi connectivity index (χ0v) is 8.81. The van der Waals surface area contributed by atoms with E-state index in [2.05, 4.69) is 6.07 Å². The van der Waals surface area contributed by atoms with Gasteiger partial charge < -0.3 is 10.0 Å². The molecule has 1 aromatic carbocycles. The highest BCUT2D eigenvalue weighted by Crippen LogP contribution is 2.22. The van der Waals surface area contributed by atoms with Crippen LogP contribution in [-0.4, -0.2) is 28.6 Å². The fraction of sp³-hybridized carbons (Fsp3) is 0.417. The van der Waals surface area contributed by atoms with Gasteiger partial charge >= 0.3 is 0 Å². The molecule has 3 heteroatoms. The predicted octanol–water partition coefficient (Wildman–Crippen LogP) is 0.952. The molecule has 1 aliphatic heterocycles. The van der Waals surface area contributed by atoms with Crippen LogP contribution in [0.3, 0.4) is 0 Å². The maximum Gasteiger partial charge on any atom is 0.220 e. The minimum absolute atomic E-state index is 0.0311. The molecule has 1 aromatic rings. The molecular formula is C12H15NO2. The van der Waals surface area contributed by atoms with Crippen LogP contribution in [0.5, 0.6) is 0 Å². The van der Waals surface area contributed by atoms with Gasteiger partial charge in [-0.3, -0.25) is 4.79 Å². The summed E-state index contributed by atoms with van der Waals surface area (Å²) >= 11 is 0. The Hall–Kier alpha value is -1.35.